The molecule has 3 rings (SSSR count). The highest BCUT2D eigenvalue weighted by atomic mass is 16.2. The standard InChI is InChI=1S/C20H29N3O2/c1-15-9-6-7-13-22(15)19(24)16(2)21-20(25)23-14-8-12-18(23)17-10-4-3-5-11-17/h3-5,10-11,15-16,18H,6-9,12-14H2,1-2H3,(H,21,25). The number of nitrogens with one attached hydrogen (secondary N) is 1. The molecule has 0 saturated carbocycles. The number of carbonyl (C=O) groups is 2. The van der Waals surface area contributed by atoms with Gasteiger partial charge in [0.25, 0.3) is 0 Å². The smallest absolute Gasteiger partial charge is 0.318 e. The molecule has 2 aliphatic heterocycles. The molecule has 1 aromatic carbocycles. The summed E-state index contributed by atoms with van der Waals surface area (Å²) in [5.41, 5.74) is 1.17. The summed E-state index contributed by atoms with van der Waals surface area (Å²) in [6.07, 6.45) is 5.26. The van der Waals surface area contributed by atoms with E-state index in [0.29, 0.717) is 0 Å². The maximum atomic E-state index is 12.8. The van der Waals surface area contributed by atoms with Gasteiger partial charge in [-0.2, -0.15) is 0 Å². The highest BCUT2D eigenvalue weighted by Crippen LogP contribution is 2.31. The molecule has 0 aliphatic carbocycles. The molecule has 2 heterocycles. The Morgan fingerprint density at radius 1 is 1.04 bits per heavy atom. The number of nitrogens with zero attached hydrogens (tertiary/aromatic N) is 2. The van der Waals surface area contributed by atoms with E-state index < -0.39 is 6.04 Å². The Bertz CT molecular complexity index is 604. The van der Waals surface area contributed by atoms with Crippen LogP contribution in [0.4, 0.5) is 4.79 Å². The summed E-state index contributed by atoms with van der Waals surface area (Å²) < 4.78 is 0. The van der Waals surface area contributed by atoms with Crippen molar-refractivity contribution in [3.8, 4) is 0 Å². The first-order valence-electron chi connectivity index (χ1n) is 9.50. The van der Waals surface area contributed by atoms with Gasteiger partial charge in [-0.05, 0) is 51.5 Å². The number of piperidine rings is 1. The molecule has 2 fully saturated rings. The zero-order chi connectivity index (χ0) is 17.8. The molecule has 0 aromatic heterocycles. The minimum atomic E-state index is -0.481. The fraction of sp³-hybridized carbons (Fsp3) is 0.600. The lowest BCUT2D eigenvalue weighted by atomic mass is 10.0. The van der Waals surface area contributed by atoms with Crippen LogP contribution in [-0.4, -0.2) is 46.9 Å². The highest BCUT2D eigenvalue weighted by Gasteiger charge is 2.33. The van der Waals surface area contributed by atoms with Gasteiger partial charge in [-0.3, -0.25) is 4.79 Å². The summed E-state index contributed by atoms with van der Waals surface area (Å²) in [4.78, 5) is 29.3. The van der Waals surface area contributed by atoms with E-state index in [1.165, 1.54) is 12.0 Å². The van der Waals surface area contributed by atoms with Gasteiger partial charge >= 0.3 is 6.03 Å². The summed E-state index contributed by atoms with van der Waals surface area (Å²) in [7, 11) is 0. The summed E-state index contributed by atoms with van der Waals surface area (Å²) in [6.45, 7) is 5.44. The fourth-order valence-electron chi connectivity index (χ4n) is 4.04. The number of hydrogen-bond donors (Lipinski definition) is 1. The van der Waals surface area contributed by atoms with E-state index in [1.807, 2.05) is 28.0 Å². The van der Waals surface area contributed by atoms with E-state index in [2.05, 4.69) is 24.4 Å². The van der Waals surface area contributed by atoms with Gasteiger partial charge < -0.3 is 15.1 Å². The van der Waals surface area contributed by atoms with E-state index in [1.54, 1.807) is 6.92 Å². The molecule has 0 bridgehead atoms. The van der Waals surface area contributed by atoms with Gasteiger partial charge in [-0.25, -0.2) is 4.79 Å². The zero-order valence-electron chi connectivity index (χ0n) is 15.3. The van der Waals surface area contributed by atoms with Crippen molar-refractivity contribution in [3.63, 3.8) is 0 Å². The molecular weight excluding hydrogens is 314 g/mol. The van der Waals surface area contributed by atoms with Gasteiger partial charge in [-0.15, -0.1) is 0 Å². The molecule has 3 unspecified atom stereocenters. The second kappa shape index (κ2) is 7.89. The third-order valence-corrected chi connectivity index (χ3v) is 5.49. The number of hydrogen-bond acceptors (Lipinski definition) is 2. The minimum absolute atomic E-state index is 0.0380. The van der Waals surface area contributed by atoms with Crippen LogP contribution in [0.1, 0.15) is 57.6 Å². The van der Waals surface area contributed by atoms with Crippen molar-refractivity contribution in [1.82, 2.24) is 15.1 Å². The van der Waals surface area contributed by atoms with Crippen LogP contribution >= 0.6 is 0 Å². The Morgan fingerprint density at radius 3 is 2.48 bits per heavy atom. The molecule has 25 heavy (non-hydrogen) atoms. The molecule has 5 nitrogen and oxygen atoms in total. The van der Waals surface area contributed by atoms with Crippen molar-refractivity contribution < 1.29 is 9.59 Å². The molecule has 136 valence electrons. The molecule has 2 aliphatic rings. The van der Waals surface area contributed by atoms with Crippen LogP contribution in [0.3, 0.4) is 0 Å². The van der Waals surface area contributed by atoms with E-state index in [9.17, 15) is 9.59 Å². The average molecular weight is 343 g/mol. The van der Waals surface area contributed by atoms with Gasteiger partial charge in [-0.1, -0.05) is 30.3 Å². The van der Waals surface area contributed by atoms with E-state index in [0.717, 1.165) is 38.8 Å². The van der Waals surface area contributed by atoms with Gasteiger partial charge in [0.1, 0.15) is 6.04 Å². The first kappa shape index (κ1) is 17.8. The molecule has 3 atom stereocenters. The Hall–Kier alpha value is -2.04. The Balaban J connectivity index is 1.62. The topological polar surface area (TPSA) is 52.7 Å². The van der Waals surface area contributed by atoms with E-state index in [4.69, 9.17) is 0 Å². The molecular formula is C20H29N3O2. The SMILES string of the molecule is CC(NC(=O)N1CCCC1c1ccccc1)C(=O)N1CCCCC1C. The van der Waals surface area contributed by atoms with Crippen LogP contribution in [0.2, 0.25) is 0 Å². The average Bonchev–Trinajstić information content (AvgIpc) is 3.12. The Morgan fingerprint density at radius 2 is 1.76 bits per heavy atom. The lowest BCUT2D eigenvalue weighted by Gasteiger charge is -2.36. The predicted octanol–water partition coefficient (Wildman–Crippen LogP) is 3.32. The number of likely N-dealkylation sites (tertiary alicyclic amines) is 2. The van der Waals surface area contributed by atoms with Crippen LogP contribution < -0.4 is 5.32 Å². The number of rotatable bonds is 3. The number of amides is 3. The first-order valence-corrected chi connectivity index (χ1v) is 9.50. The molecule has 5 heteroatoms. The second-order valence-corrected chi connectivity index (χ2v) is 7.31. The van der Waals surface area contributed by atoms with Crippen LogP contribution in [0, 0.1) is 0 Å². The third-order valence-electron chi connectivity index (χ3n) is 5.49. The molecule has 1 aromatic rings. The summed E-state index contributed by atoms with van der Waals surface area (Å²) in [5.74, 6) is 0.0380. The largest absolute Gasteiger partial charge is 0.338 e. The number of carbonyl (C=O) groups excluding carboxylic acids is 2. The predicted molar refractivity (Wildman–Crippen MR) is 98.1 cm³/mol. The molecule has 1 N–H and O–H groups in total. The quantitative estimate of drug-likeness (QED) is 0.915. The summed E-state index contributed by atoms with van der Waals surface area (Å²) >= 11 is 0. The number of benzene rings is 1. The zero-order valence-corrected chi connectivity index (χ0v) is 15.3. The molecule has 0 spiro atoms. The molecule has 3 amide bonds. The Kier molecular flexibility index (Phi) is 5.61. The van der Waals surface area contributed by atoms with Gasteiger partial charge in [0.05, 0.1) is 6.04 Å². The van der Waals surface area contributed by atoms with Gasteiger partial charge in [0.15, 0.2) is 0 Å². The van der Waals surface area contributed by atoms with Crippen molar-refractivity contribution >= 4 is 11.9 Å². The second-order valence-electron chi connectivity index (χ2n) is 7.31. The normalized spacial score (nSPS) is 24.9. The lowest BCUT2D eigenvalue weighted by Crippen LogP contribution is -2.53. The summed E-state index contributed by atoms with van der Waals surface area (Å²) in [5, 5.41) is 2.93. The van der Waals surface area contributed by atoms with Crippen LogP contribution in [0.5, 0.6) is 0 Å². The maximum absolute atomic E-state index is 12.8. The lowest BCUT2D eigenvalue weighted by molar-refractivity contribution is -0.136. The van der Waals surface area contributed by atoms with Crippen molar-refractivity contribution in [1.29, 1.82) is 0 Å². The third kappa shape index (κ3) is 3.97. The maximum Gasteiger partial charge on any atom is 0.318 e. The van der Waals surface area contributed by atoms with Crippen LogP contribution in [-0.2, 0) is 4.79 Å². The van der Waals surface area contributed by atoms with Crippen molar-refractivity contribution in [3.05, 3.63) is 35.9 Å². The van der Waals surface area contributed by atoms with Crippen molar-refractivity contribution in [2.75, 3.05) is 13.1 Å². The van der Waals surface area contributed by atoms with Crippen LogP contribution in [0.15, 0.2) is 30.3 Å². The molecule has 2 saturated heterocycles. The van der Waals surface area contributed by atoms with Gasteiger partial charge in [0, 0.05) is 19.1 Å². The first-order chi connectivity index (χ1) is 12.1. The van der Waals surface area contributed by atoms with Crippen molar-refractivity contribution in [2.24, 2.45) is 0 Å². The minimum Gasteiger partial charge on any atom is -0.338 e. The summed E-state index contributed by atoms with van der Waals surface area (Å²) in [6, 6.07) is 9.91. The highest BCUT2D eigenvalue weighted by molar-refractivity contribution is 5.87. The number of urea groups is 1. The monoisotopic (exact) mass is 343 g/mol. The Labute approximate surface area is 150 Å². The van der Waals surface area contributed by atoms with Gasteiger partial charge in [0.2, 0.25) is 5.91 Å². The molecule has 0 radical (unpaired) electrons. The fourth-order valence-corrected chi connectivity index (χ4v) is 4.04. The van der Waals surface area contributed by atoms with E-state index in [-0.39, 0.29) is 24.0 Å². The van der Waals surface area contributed by atoms with Crippen molar-refractivity contribution in [2.45, 2.75) is 64.1 Å². The van der Waals surface area contributed by atoms with E-state index >= 15 is 0 Å². The van der Waals surface area contributed by atoms with Crippen LogP contribution in [0.25, 0.3) is 0 Å².